The van der Waals surface area contributed by atoms with Crippen LogP contribution in [0, 0.1) is 5.82 Å². The third-order valence-corrected chi connectivity index (χ3v) is 5.81. The summed E-state index contributed by atoms with van der Waals surface area (Å²) in [6.07, 6.45) is 7.06. The van der Waals surface area contributed by atoms with E-state index >= 15 is 0 Å². The normalized spacial score (nSPS) is 18.2. The SMILES string of the molecule is NC(=O)c1cc(F)c(N[C@@H]2CCCC[C@@H]2N)nc1Nc1cncc(-c2ccc(Cl)cc2)c1. The standard InChI is InChI=1S/C23H24ClFN6O/c24-15-7-5-13(6-8-15)14-9-16(12-28-11-14)29-22-17(21(27)32)10-18(25)23(31-22)30-20-4-2-1-3-19(20)26/h5-12,19-20H,1-4,26H2,(H2,27,32)(H2,29,30,31)/t19-,20+/m0/s1. The molecule has 1 aromatic carbocycles. The van der Waals surface area contributed by atoms with Gasteiger partial charge >= 0.3 is 0 Å². The molecule has 0 unspecified atom stereocenters. The lowest BCUT2D eigenvalue weighted by molar-refractivity contribution is 0.100. The second-order valence-electron chi connectivity index (χ2n) is 7.87. The number of anilines is 3. The van der Waals surface area contributed by atoms with Crippen molar-refractivity contribution in [2.24, 2.45) is 11.5 Å². The molecule has 6 N–H and O–H groups in total. The third kappa shape index (κ3) is 4.98. The summed E-state index contributed by atoms with van der Waals surface area (Å²) >= 11 is 5.97. The van der Waals surface area contributed by atoms with E-state index < -0.39 is 11.7 Å². The molecule has 7 nitrogen and oxygen atoms in total. The van der Waals surface area contributed by atoms with E-state index in [1.54, 1.807) is 24.5 Å². The molecule has 0 spiro atoms. The van der Waals surface area contributed by atoms with Crippen LogP contribution in [0.2, 0.25) is 5.02 Å². The van der Waals surface area contributed by atoms with E-state index in [0.29, 0.717) is 10.7 Å². The Labute approximate surface area is 190 Å². The van der Waals surface area contributed by atoms with Gasteiger partial charge in [-0.1, -0.05) is 36.6 Å². The highest BCUT2D eigenvalue weighted by atomic mass is 35.5. The van der Waals surface area contributed by atoms with Crippen molar-refractivity contribution in [3.05, 3.63) is 65.2 Å². The smallest absolute Gasteiger partial charge is 0.252 e. The fourth-order valence-corrected chi connectivity index (χ4v) is 3.96. The number of rotatable bonds is 6. The van der Waals surface area contributed by atoms with Crippen LogP contribution in [0.3, 0.4) is 0 Å². The van der Waals surface area contributed by atoms with E-state index in [-0.39, 0.29) is 29.3 Å². The topological polar surface area (TPSA) is 119 Å². The Kier molecular flexibility index (Phi) is 6.53. The molecule has 166 valence electrons. The van der Waals surface area contributed by atoms with Gasteiger partial charge in [0.1, 0.15) is 5.82 Å². The molecule has 4 rings (SSSR count). The fraction of sp³-hybridized carbons (Fsp3) is 0.261. The number of amides is 1. The van der Waals surface area contributed by atoms with Gasteiger partial charge in [-0.05, 0) is 42.7 Å². The van der Waals surface area contributed by atoms with Gasteiger partial charge in [0.05, 0.1) is 17.4 Å². The highest BCUT2D eigenvalue weighted by Gasteiger charge is 2.24. The number of pyridine rings is 2. The average molecular weight is 455 g/mol. The van der Waals surface area contributed by atoms with Crippen molar-refractivity contribution in [1.29, 1.82) is 0 Å². The van der Waals surface area contributed by atoms with Crippen molar-refractivity contribution >= 4 is 34.8 Å². The maximum atomic E-state index is 14.7. The van der Waals surface area contributed by atoms with Crippen LogP contribution in [-0.2, 0) is 0 Å². The number of nitrogens with one attached hydrogen (secondary N) is 2. The van der Waals surface area contributed by atoms with Gasteiger partial charge in [-0.3, -0.25) is 9.78 Å². The van der Waals surface area contributed by atoms with Gasteiger partial charge < -0.3 is 22.1 Å². The van der Waals surface area contributed by atoms with Crippen LogP contribution in [0.25, 0.3) is 11.1 Å². The lowest BCUT2D eigenvalue weighted by Crippen LogP contribution is -2.43. The minimum absolute atomic E-state index is 0.0293. The van der Waals surface area contributed by atoms with Gasteiger partial charge in [-0.25, -0.2) is 9.37 Å². The molecule has 2 heterocycles. The second kappa shape index (κ2) is 9.50. The molecule has 2 atom stereocenters. The van der Waals surface area contributed by atoms with E-state index in [9.17, 15) is 9.18 Å². The first-order valence-electron chi connectivity index (χ1n) is 10.4. The van der Waals surface area contributed by atoms with Crippen LogP contribution in [0.15, 0.2) is 48.8 Å². The van der Waals surface area contributed by atoms with E-state index in [4.69, 9.17) is 23.1 Å². The van der Waals surface area contributed by atoms with Gasteiger partial charge in [0.2, 0.25) is 0 Å². The molecular formula is C23H24ClFN6O. The molecule has 0 saturated heterocycles. The number of carbonyl (C=O) groups excluding carboxylic acids is 1. The molecule has 0 aliphatic heterocycles. The second-order valence-corrected chi connectivity index (χ2v) is 8.31. The Bertz CT molecular complexity index is 1120. The Morgan fingerprint density at radius 3 is 2.53 bits per heavy atom. The molecule has 32 heavy (non-hydrogen) atoms. The van der Waals surface area contributed by atoms with Crippen molar-refractivity contribution in [3.63, 3.8) is 0 Å². The Balaban J connectivity index is 1.64. The van der Waals surface area contributed by atoms with Crippen molar-refractivity contribution in [1.82, 2.24) is 9.97 Å². The minimum Gasteiger partial charge on any atom is -0.365 e. The number of hydrogen-bond acceptors (Lipinski definition) is 6. The molecule has 1 amide bonds. The highest BCUT2D eigenvalue weighted by molar-refractivity contribution is 6.30. The van der Waals surface area contributed by atoms with E-state index in [0.717, 1.165) is 42.9 Å². The molecule has 1 saturated carbocycles. The van der Waals surface area contributed by atoms with Crippen molar-refractivity contribution in [3.8, 4) is 11.1 Å². The fourth-order valence-electron chi connectivity index (χ4n) is 3.83. The zero-order valence-corrected chi connectivity index (χ0v) is 18.1. The van der Waals surface area contributed by atoms with E-state index in [1.165, 1.54) is 0 Å². The number of hydrogen-bond donors (Lipinski definition) is 4. The van der Waals surface area contributed by atoms with Gasteiger partial charge in [0.25, 0.3) is 5.91 Å². The minimum atomic E-state index is -0.790. The number of benzene rings is 1. The maximum absolute atomic E-state index is 14.7. The number of halogens is 2. The molecule has 9 heteroatoms. The molecule has 3 aromatic rings. The van der Waals surface area contributed by atoms with Gasteiger partial charge in [-0.15, -0.1) is 0 Å². The van der Waals surface area contributed by atoms with Crippen LogP contribution in [0.1, 0.15) is 36.0 Å². The van der Waals surface area contributed by atoms with Crippen molar-refractivity contribution < 1.29 is 9.18 Å². The molecule has 0 radical (unpaired) electrons. The lowest BCUT2D eigenvalue weighted by atomic mass is 9.91. The largest absolute Gasteiger partial charge is 0.365 e. The number of nitrogens with two attached hydrogens (primary N) is 2. The summed E-state index contributed by atoms with van der Waals surface area (Å²) in [7, 11) is 0. The number of primary amides is 1. The average Bonchev–Trinajstić information content (AvgIpc) is 2.78. The van der Waals surface area contributed by atoms with Crippen LogP contribution >= 0.6 is 11.6 Å². The van der Waals surface area contributed by atoms with Crippen LogP contribution in [-0.4, -0.2) is 28.0 Å². The maximum Gasteiger partial charge on any atom is 0.252 e. The Morgan fingerprint density at radius 2 is 1.81 bits per heavy atom. The summed E-state index contributed by atoms with van der Waals surface area (Å²) in [6, 6.07) is 10.1. The first-order chi connectivity index (χ1) is 15.4. The summed E-state index contributed by atoms with van der Waals surface area (Å²) in [4.78, 5) is 20.5. The van der Waals surface area contributed by atoms with E-state index in [2.05, 4.69) is 20.6 Å². The number of aromatic nitrogens is 2. The molecule has 1 aliphatic carbocycles. The lowest BCUT2D eigenvalue weighted by Gasteiger charge is -2.30. The summed E-state index contributed by atoms with van der Waals surface area (Å²) < 4.78 is 14.7. The van der Waals surface area contributed by atoms with Crippen molar-refractivity contribution in [2.75, 3.05) is 10.6 Å². The summed E-state index contributed by atoms with van der Waals surface area (Å²) in [6.45, 7) is 0. The van der Waals surface area contributed by atoms with Crippen molar-refractivity contribution in [2.45, 2.75) is 37.8 Å². The third-order valence-electron chi connectivity index (χ3n) is 5.56. The summed E-state index contributed by atoms with van der Waals surface area (Å²) in [5.41, 5.74) is 13.9. The summed E-state index contributed by atoms with van der Waals surface area (Å²) in [5.74, 6) is -1.28. The number of carbonyl (C=O) groups is 1. The molecule has 0 bridgehead atoms. The number of nitrogens with zero attached hydrogens (tertiary/aromatic N) is 2. The monoisotopic (exact) mass is 454 g/mol. The molecule has 1 aliphatic rings. The predicted molar refractivity (Wildman–Crippen MR) is 125 cm³/mol. The van der Waals surface area contributed by atoms with Crippen LogP contribution in [0.4, 0.5) is 21.7 Å². The first-order valence-corrected chi connectivity index (χ1v) is 10.8. The molecule has 1 fully saturated rings. The highest BCUT2D eigenvalue weighted by Crippen LogP contribution is 2.28. The van der Waals surface area contributed by atoms with Gasteiger partial charge in [0.15, 0.2) is 11.6 Å². The van der Waals surface area contributed by atoms with Crippen LogP contribution in [0.5, 0.6) is 0 Å². The Hall–Kier alpha value is -3.23. The van der Waals surface area contributed by atoms with Crippen LogP contribution < -0.4 is 22.1 Å². The quantitative estimate of drug-likeness (QED) is 0.436. The Morgan fingerprint density at radius 1 is 1.06 bits per heavy atom. The predicted octanol–water partition coefficient (Wildman–Crippen LogP) is 4.46. The zero-order chi connectivity index (χ0) is 22.7. The molecule has 2 aromatic heterocycles. The van der Waals surface area contributed by atoms with Gasteiger partial charge in [-0.2, -0.15) is 0 Å². The first kappa shape index (κ1) is 22.0. The zero-order valence-electron chi connectivity index (χ0n) is 17.3. The van der Waals surface area contributed by atoms with Gasteiger partial charge in [0, 0.05) is 28.9 Å². The molecular weight excluding hydrogens is 431 g/mol. The van der Waals surface area contributed by atoms with E-state index in [1.807, 2.05) is 18.2 Å². The summed E-state index contributed by atoms with van der Waals surface area (Å²) in [5, 5.41) is 6.79.